The van der Waals surface area contributed by atoms with Gasteiger partial charge in [-0.05, 0) is 57.0 Å². The highest BCUT2D eigenvalue weighted by Crippen LogP contribution is 2.40. The summed E-state index contributed by atoms with van der Waals surface area (Å²) in [6.45, 7) is 4.22. The van der Waals surface area contributed by atoms with Crippen molar-refractivity contribution in [2.24, 2.45) is 0 Å². The minimum atomic E-state index is -0.351. The van der Waals surface area contributed by atoms with Crippen LogP contribution in [-0.4, -0.2) is 33.4 Å². The zero-order chi connectivity index (χ0) is 24.8. The number of benzene rings is 2. The van der Waals surface area contributed by atoms with Gasteiger partial charge in [-0.15, -0.1) is 0 Å². The van der Waals surface area contributed by atoms with Gasteiger partial charge in [0, 0.05) is 29.4 Å². The predicted molar refractivity (Wildman–Crippen MR) is 135 cm³/mol. The second-order valence-electron chi connectivity index (χ2n) is 9.31. The number of pyridine rings is 1. The fraction of sp³-hybridized carbons (Fsp3) is 0.259. The summed E-state index contributed by atoms with van der Waals surface area (Å²) in [6, 6.07) is 14.1. The van der Waals surface area contributed by atoms with Gasteiger partial charge in [0.25, 0.3) is 11.8 Å². The number of fused-ring (bicyclic) bond motifs is 2. The van der Waals surface area contributed by atoms with Crippen molar-refractivity contribution in [3.8, 4) is 11.5 Å². The van der Waals surface area contributed by atoms with Crippen LogP contribution in [0.5, 0.6) is 11.5 Å². The van der Waals surface area contributed by atoms with Crippen LogP contribution in [-0.2, 0) is 0 Å². The van der Waals surface area contributed by atoms with Crippen LogP contribution in [0.3, 0.4) is 0 Å². The van der Waals surface area contributed by atoms with E-state index in [1.807, 2.05) is 24.6 Å². The van der Waals surface area contributed by atoms with Crippen molar-refractivity contribution in [3.05, 3.63) is 71.5 Å². The van der Waals surface area contributed by atoms with Gasteiger partial charge in [-0.1, -0.05) is 12.1 Å². The van der Waals surface area contributed by atoms with Crippen molar-refractivity contribution in [2.45, 2.75) is 38.6 Å². The average molecular weight is 484 g/mol. The first kappa shape index (κ1) is 22.1. The number of nitrogens with one attached hydrogen (secondary N) is 2. The molecule has 1 fully saturated rings. The monoisotopic (exact) mass is 483 g/mol. The lowest BCUT2D eigenvalue weighted by Gasteiger charge is -2.13. The number of ether oxygens (including phenoxy) is 2. The summed E-state index contributed by atoms with van der Waals surface area (Å²) in [7, 11) is 0. The summed E-state index contributed by atoms with van der Waals surface area (Å²) >= 11 is 0. The Kier molecular flexibility index (Phi) is 5.32. The largest absolute Gasteiger partial charge is 0.454 e. The Labute approximate surface area is 207 Å². The van der Waals surface area contributed by atoms with E-state index in [1.54, 1.807) is 48.7 Å². The molecule has 2 amide bonds. The number of amides is 2. The number of carbonyl (C=O) groups is 2. The molecule has 2 N–H and O–H groups in total. The Hall–Kier alpha value is -4.40. The fourth-order valence-corrected chi connectivity index (χ4v) is 4.34. The first-order valence-electron chi connectivity index (χ1n) is 12.0. The third-order valence-corrected chi connectivity index (χ3v) is 6.37. The van der Waals surface area contributed by atoms with E-state index in [-0.39, 0.29) is 24.6 Å². The summed E-state index contributed by atoms with van der Waals surface area (Å²) in [5, 5.41) is 11.0. The SMILES string of the molecule is CC(C)n1ncc2c(C(=O)Nc3ccccc3C(=O)Nc3ccc4c(c3)OCO4)cc(C3CC3)nc21. The van der Waals surface area contributed by atoms with Gasteiger partial charge >= 0.3 is 0 Å². The molecule has 0 bridgehead atoms. The smallest absolute Gasteiger partial charge is 0.257 e. The van der Waals surface area contributed by atoms with Crippen LogP contribution in [0.15, 0.2) is 54.7 Å². The Balaban J connectivity index is 1.29. The van der Waals surface area contributed by atoms with E-state index in [4.69, 9.17) is 14.5 Å². The highest BCUT2D eigenvalue weighted by molar-refractivity contribution is 6.15. The maximum atomic E-state index is 13.5. The van der Waals surface area contributed by atoms with Crippen LogP contribution >= 0.6 is 0 Å². The minimum absolute atomic E-state index is 0.112. The molecular weight excluding hydrogens is 458 g/mol. The van der Waals surface area contributed by atoms with Crippen molar-refractivity contribution in [1.82, 2.24) is 14.8 Å². The molecule has 1 saturated carbocycles. The van der Waals surface area contributed by atoms with Crippen LogP contribution in [0, 0.1) is 0 Å². The zero-order valence-corrected chi connectivity index (χ0v) is 19.9. The number of para-hydroxylation sites is 1. The first-order chi connectivity index (χ1) is 17.5. The van der Waals surface area contributed by atoms with E-state index in [1.165, 1.54) is 0 Å². The quantitative estimate of drug-likeness (QED) is 0.394. The molecule has 1 aliphatic carbocycles. The maximum Gasteiger partial charge on any atom is 0.257 e. The summed E-state index contributed by atoms with van der Waals surface area (Å²) in [6.07, 6.45) is 3.82. The highest BCUT2D eigenvalue weighted by Gasteiger charge is 2.28. The number of aromatic nitrogens is 3. The van der Waals surface area contributed by atoms with E-state index in [0.29, 0.717) is 51.0 Å². The van der Waals surface area contributed by atoms with E-state index in [0.717, 1.165) is 18.5 Å². The van der Waals surface area contributed by atoms with E-state index >= 15 is 0 Å². The van der Waals surface area contributed by atoms with Gasteiger partial charge in [-0.3, -0.25) is 9.59 Å². The van der Waals surface area contributed by atoms with Crippen LogP contribution in [0.1, 0.15) is 65.1 Å². The molecule has 0 radical (unpaired) electrons. The van der Waals surface area contributed by atoms with Crippen molar-refractivity contribution in [3.63, 3.8) is 0 Å². The molecule has 2 aromatic carbocycles. The summed E-state index contributed by atoms with van der Waals surface area (Å²) in [5.74, 6) is 0.920. The zero-order valence-electron chi connectivity index (χ0n) is 19.9. The predicted octanol–water partition coefficient (Wildman–Crippen LogP) is 5.12. The van der Waals surface area contributed by atoms with Gasteiger partial charge in [-0.25, -0.2) is 9.67 Å². The van der Waals surface area contributed by atoms with Crippen molar-refractivity contribution < 1.29 is 19.1 Å². The molecule has 3 heterocycles. The summed E-state index contributed by atoms with van der Waals surface area (Å²) in [4.78, 5) is 31.5. The normalized spacial score (nSPS) is 14.3. The Morgan fingerprint density at radius 3 is 2.56 bits per heavy atom. The Morgan fingerprint density at radius 2 is 1.75 bits per heavy atom. The Morgan fingerprint density at radius 1 is 0.972 bits per heavy atom. The summed E-state index contributed by atoms with van der Waals surface area (Å²) in [5.41, 5.74) is 3.43. The van der Waals surface area contributed by atoms with Crippen LogP contribution in [0.4, 0.5) is 11.4 Å². The third-order valence-electron chi connectivity index (χ3n) is 6.37. The lowest BCUT2D eigenvalue weighted by molar-refractivity contribution is 0.102. The van der Waals surface area contributed by atoms with Gasteiger partial charge in [-0.2, -0.15) is 5.10 Å². The van der Waals surface area contributed by atoms with E-state index in [2.05, 4.69) is 15.7 Å². The number of nitrogens with zero attached hydrogens (tertiary/aromatic N) is 3. The second-order valence-corrected chi connectivity index (χ2v) is 9.31. The fourth-order valence-electron chi connectivity index (χ4n) is 4.34. The number of hydrogen-bond donors (Lipinski definition) is 2. The van der Waals surface area contributed by atoms with Crippen LogP contribution in [0.2, 0.25) is 0 Å². The standard InChI is InChI=1S/C27H25N5O4/c1-15(2)32-25-20(13-28-32)19(12-22(30-25)16-7-8-16)27(34)31-21-6-4-3-5-18(21)26(33)29-17-9-10-23-24(11-17)36-14-35-23/h3-6,9-13,15-16H,7-8,14H2,1-2H3,(H,29,33)(H,31,34). The van der Waals surface area contributed by atoms with E-state index < -0.39 is 0 Å². The van der Waals surface area contributed by atoms with Crippen molar-refractivity contribution >= 4 is 34.2 Å². The van der Waals surface area contributed by atoms with E-state index in [9.17, 15) is 9.59 Å². The van der Waals surface area contributed by atoms with Crippen LogP contribution in [0.25, 0.3) is 11.0 Å². The second kappa shape index (κ2) is 8.67. The lowest BCUT2D eigenvalue weighted by Crippen LogP contribution is -2.19. The Bertz CT molecular complexity index is 1510. The molecule has 0 saturated heterocycles. The topological polar surface area (TPSA) is 107 Å². The number of hydrogen-bond acceptors (Lipinski definition) is 6. The molecule has 2 aromatic heterocycles. The maximum absolute atomic E-state index is 13.5. The first-order valence-corrected chi connectivity index (χ1v) is 12.0. The molecule has 0 atom stereocenters. The highest BCUT2D eigenvalue weighted by atomic mass is 16.7. The molecular formula is C27H25N5O4. The lowest BCUT2D eigenvalue weighted by atomic mass is 10.1. The average Bonchev–Trinajstić information content (AvgIpc) is 3.46. The van der Waals surface area contributed by atoms with Gasteiger partial charge in [0.15, 0.2) is 17.1 Å². The number of anilines is 2. The third kappa shape index (κ3) is 4.02. The molecule has 2 aliphatic rings. The van der Waals surface area contributed by atoms with Crippen LogP contribution < -0.4 is 20.1 Å². The van der Waals surface area contributed by atoms with Gasteiger partial charge in [0.05, 0.1) is 28.4 Å². The number of rotatable bonds is 6. The number of carbonyl (C=O) groups excluding carboxylic acids is 2. The van der Waals surface area contributed by atoms with Gasteiger partial charge in [0.1, 0.15) is 0 Å². The summed E-state index contributed by atoms with van der Waals surface area (Å²) < 4.78 is 12.6. The van der Waals surface area contributed by atoms with Crippen molar-refractivity contribution in [1.29, 1.82) is 0 Å². The molecule has 4 aromatic rings. The molecule has 9 heteroatoms. The van der Waals surface area contributed by atoms with Gasteiger partial charge in [0.2, 0.25) is 6.79 Å². The molecule has 0 unspecified atom stereocenters. The molecule has 9 nitrogen and oxygen atoms in total. The van der Waals surface area contributed by atoms with Gasteiger partial charge < -0.3 is 20.1 Å². The molecule has 1 aliphatic heterocycles. The molecule has 36 heavy (non-hydrogen) atoms. The molecule has 182 valence electrons. The molecule has 0 spiro atoms. The molecule has 6 rings (SSSR count). The minimum Gasteiger partial charge on any atom is -0.454 e. The van der Waals surface area contributed by atoms with Crippen molar-refractivity contribution in [2.75, 3.05) is 17.4 Å².